The number of aliphatic hydroxyl groups is 2. The lowest BCUT2D eigenvalue weighted by atomic mass is 9.78. The van der Waals surface area contributed by atoms with Crippen molar-refractivity contribution in [3.8, 4) is 5.75 Å². The van der Waals surface area contributed by atoms with E-state index in [1.54, 1.807) is 0 Å². The van der Waals surface area contributed by atoms with Gasteiger partial charge >= 0.3 is 0 Å². The lowest BCUT2D eigenvalue weighted by Crippen LogP contribution is -3.27. The minimum absolute atomic E-state index is 0.0635. The highest BCUT2D eigenvalue weighted by molar-refractivity contribution is 5.26. The maximum absolute atomic E-state index is 10.4. The number of benzene rings is 1. The SMILES string of the molecule is Cc1ccc(OC[C@@H](O)C[NH+]2C(C)(C)CC(O)CC2(C)C)cc1. The highest BCUT2D eigenvalue weighted by Crippen LogP contribution is 2.23. The second-order valence-electron chi connectivity index (χ2n) is 8.29. The summed E-state index contributed by atoms with van der Waals surface area (Å²) in [6.45, 7) is 11.6. The molecule has 1 saturated heterocycles. The van der Waals surface area contributed by atoms with Crippen LogP contribution in [-0.4, -0.2) is 46.7 Å². The van der Waals surface area contributed by atoms with Gasteiger partial charge in [-0.25, -0.2) is 0 Å². The predicted molar refractivity (Wildman–Crippen MR) is 91.9 cm³/mol. The molecular weight excluding hydrogens is 290 g/mol. The lowest BCUT2D eigenvalue weighted by molar-refractivity contribution is -1.00. The highest BCUT2D eigenvalue weighted by atomic mass is 16.5. The summed E-state index contributed by atoms with van der Waals surface area (Å²) in [5.74, 6) is 0.789. The van der Waals surface area contributed by atoms with Crippen LogP contribution in [0, 0.1) is 6.92 Å². The molecule has 0 bridgehead atoms. The molecule has 1 heterocycles. The molecule has 1 atom stereocenters. The Bertz CT molecular complexity index is 492. The third-order valence-corrected chi connectivity index (χ3v) is 5.03. The van der Waals surface area contributed by atoms with Crippen molar-refractivity contribution < 1.29 is 19.8 Å². The summed E-state index contributed by atoms with van der Waals surface area (Å²) in [5.41, 5.74) is 1.07. The second-order valence-corrected chi connectivity index (χ2v) is 8.29. The normalized spacial score (nSPS) is 27.4. The first-order valence-corrected chi connectivity index (χ1v) is 8.52. The third kappa shape index (κ3) is 4.69. The van der Waals surface area contributed by atoms with E-state index in [9.17, 15) is 10.2 Å². The number of hydrogen-bond acceptors (Lipinski definition) is 3. The summed E-state index contributed by atoms with van der Waals surface area (Å²) in [7, 11) is 0. The average Bonchev–Trinajstić information content (AvgIpc) is 2.41. The fourth-order valence-electron chi connectivity index (χ4n) is 4.09. The van der Waals surface area contributed by atoms with Gasteiger partial charge in [-0.1, -0.05) is 17.7 Å². The number of aliphatic hydroxyl groups excluding tert-OH is 2. The zero-order valence-corrected chi connectivity index (χ0v) is 15.1. The van der Waals surface area contributed by atoms with Crippen LogP contribution in [0.5, 0.6) is 5.75 Å². The van der Waals surface area contributed by atoms with Crippen molar-refractivity contribution in [1.82, 2.24) is 0 Å². The third-order valence-electron chi connectivity index (χ3n) is 5.03. The van der Waals surface area contributed by atoms with Crippen LogP contribution in [0.25, 0.3) is 0 Å². The van der Waals surface area contributed by atoms with Crippen LogP contribution < -0.4 is 9.64 Å². The zero-order chi connectivity index (χ0) is 17.3. The first-order valence-electron chi connectivity index (χ1n) is 8.52. The quantitative estimate of drug-likeness (QED) is 0.767. The van der Waals surface area contributed by atoms with Gasteiger partial charge in [-0.15, -0.1) is 0 Å². The first-order chi connectivity index (χ1) is 10.6. The summed E-state index contributed by atoms with van der Waals surface area (Å²) < 4.78 is 5.71. The Hall–Kier alpha value is -1.10. The van der Waals surface area contributed by atoms with E-state index in [4.69, 9.17) is 4.74 Å². The van der Waals surface area contributed by atoms with E-state index >= 15 is 0 Å². The molecule has 0 saturated carbocycles. The van der Waals surface area contributed by atoms with E-state index in [2.05, 4.69) is 27.7 Å². The van der Waals surface area contributed by atoms with E-state index in [0.717, 1.165) is 18.6 Å². The second kappa shape index (κ2) is 6.80. The molecule has 130 valence electrons. The maximum Gasteiger partial charge on any atom is 0.137 e. The van der Waals surface area contributed by atoms with E-state index in [-0.39, 0.29) is 17.2 Å². The fourth-order valence-corrected chi connectivity index (χ4v) is 4.09. The molecule has 0 aliphatic carbocycles. The van der Waals surface area contributed by atoms with Crippen LogP contribution >= 0.6 is 0 Å². The van der Waals surface area contributed by atoms with Gasteiger partial charge in [0.1, 0.15) is 25.0 Å². The number of likely N-dealkylation sites (tertiary alicyclic amines) is 1. The van der Waals surface area contributed by atoms with Crippen molar-refractivity contribution in [3.63, 3.8) is 0 Å². The van der Waals surface area contributed by atoms with Crippen molar-refractivity contribution >= 4 is 0 Å². The van der Waals surface area contributed by atoms with Crippen molar-refractivity contribution in [2.75, 3.05) is 13.2 Å². The molecule has 0 radical (unpaired) electrons. The van der Waals surface area contributed by atoms with Gasteiger partial charge < -0.3 is 19.8 Å². The first kappa shape index (κ1) is 18.2. The van der Waals surface area contributed by atoms with E-state index in [1.165, 1.54) is 10.5 Å². The Morgan fingerprint density at radius 2 is 1.65 bits per heavy atom. The monoisotopic (exact) mass is 322 g/mol. The highest BCUT2D eigenvalue weighted by Gasteiger charge is 2.49. The average molecular weight is 322 g/mol. The fraction of sp³-hybridized carbons (Fsp3) is 0.684. The van der Waals surface area contributed by atoms with Gasteiger partial charge in [-0.2, -0.15) is 0 Å². The molecule has 0 unspecified atom stereocenters. The number of rotatable bonds is 5. The van der Waals surface area contributed by atoms with Crippen LogP contribution in [0.1, 0.15) is 46.1 Å². The van der Waals surface area contributed by atoms with E-state index in [0.29, 0.717) is 13.2 Å². The molecule has 1 aliphatic rings. The Balaban J connectivity index is 1.95. The Labute approximate surface area is 140 Å². The topological polar surface area (TPSA) is 54.1 Å². The van der Waals surface area contributed by atoms with Crippen LogP contribution in [0.15, 0.2) is 24.3 Å². The van der Waals surface area contributed by atoms with Gasteiger partial charge in [0.05, 0.1) is 17.2 Å². The molecule has 0 amide bonds. The Kier molecular flexibility index (Phi) is 5.39. The predicted octanol–water partition coefficient (Wildman–Crippen LogP) is 1.33. The molecule has 2 rings (SSSR count). The van der Waals surface area contributed by atoms with Crippen molar-refractivity contribution in [3.05, 3.63) is 29.8 Å². The van der Waals surface area contributed by atoms with Crippen LogP contribution in [0.3, 0.4) is 0 Å². The van der Waals surface area contributed by atoms with E-state index in [1.807, 2.05) is 31.2 Å². The summed E-state index contributed by atoms with van der Waals surface area (Å²) in [5, 5.41) is 20.5. The standard InChI is InChI=1S/C19H31NO3/c1-14-6-8-17(9-7-14)23-13-16(22)12-20-18(2,3)10-15(21)11-19(20,4)5/h6-9,15-16,21-22H,10-13H2,1-5H3/p+1/t16-/m0/s1. The molecule has 1 aromatic rings. The van der Waals surface area contributed by atoms with Crippen LogP contribution in [0.2, 0.25) is 0 Å². The van der Waals surface area contributed by atoms with Crippen LogP contribution in [-0.2, 0) is 0 Å². The number of aryl methyl sites for hydroxylation is 1. The van der Waals surface area contributed by atoms with Gasteiger partial charge in [0.15, 0.2) is 0 Å². The van der Waals surface area contributed by atoms with Crippen molar-refractivity contribution in [1.29, 1.82) is 0 Å². The number of piperidine rings is 1. The Morgan fingerprint density at radius 1 is 1.13 bits per heavy atom. The maximum atomic E-state index is 10.4. The minimum Gasteiger partial charge on any atom is -0.491 e. The molecular formula is C19H32NO3+. The summed E-state index contributed by atoms with van der Waals surface area (Å²) in [6.07, 6.45) is 0.735. The molecule has 3 N–H and O–H groups in total. The molecule has 0 aromatic heterocycles. The van der Waals surface area contributed by atoms with Gasteiger partial charge in [-0.05, 0) is 46.8 Å². The largest absolute Gasteiger partial charge is 0.491 e. The van der Waals surface area contributed by atoms with Crippen molar-refractivity contribution in [2.24, 2.45) is 0 Å². The number of quaternary nitrogens is 1. The molecule has 0 spiro atoms. The van der Waals surface area contributed by atoms with Gasteiger partial charge in [0, 0.05) is 12.8 Å². The molecule has 4 nitrogen and oxygen atoms in total. The number of ether oxygens (including phenoxy) is 1. The molecule has 1 aliphatic heterocycles. The van der Waals surface area contributed by atoms with E-state index < -0.39 is 6.10 Å². The summed E-state index contributed by atoms with van der Waals surface area (Å²) in [6, 6.07) is 7.87. The summed E-state index contributed by atoms with van der Waals surface area (Å²) in [4.78, 5) is 1.33. The van der Waals surface area contributed by atoms with Gasteiger partial charge in [-0.3, -0.25) is 0 Å². The smallest absolute Gasteiger partial charge is 0.137 e. The number of hydrogen-bond donors (Lipinski definition) is 3. The lowest BCUT2D eigenvalue weighted by Gasteiger charge is -2.51. The number of nitrogens with one attached hydrogen (secondary N) is 1. The minimum atomic E-state index is -0.528. The molecule has 23 heavy (non-hydrogen) atoms. The van der Waals surface area contributed by atoms with Crippen LogP contribution in [0.4, 0.5) is 0 Å². The molecule has 4 heteroatoms. The van der Waals surface area contributed by atoms with Gasteiger partial charge in [0.2, 0.25) is 0 Å². The molecule has 1 aromatic carbocycles. The molecule has 1 fully saturated rings. The van der Waals surface area contributed by atoms with Crippen molar-refractivity contribution in [2.45, 2.75) is 70.7 Å². The summed E-state index contributed by atoms with van der Waals surface area (Å²) >= 11 is 0. The van der Waals surface area contributed by atoms with Gasteiger partial charge in [0.25, 0.3) is 0 Å². The Morgan fingerprint density at radius 3 is 2.17 bits per heavy atom. The zero-order valence-electron chi connectivity index (χ0n) is 15.1.